The second-order valence-corrected chi connectivity index (χ2v) is 3.07. The van der Waals surface area contributed by atoms with E-state index < -0.39 is 6.09 Å². The van der Waals surface area contributed by atoms with Crippen molar-refractivity contribution >= 4 is 11.9 Å². The Hall–Kier alpha value is -1.78. The molecule has 1 rings (SSSR count). The maximum absolute atomic E-state index is 10.4. The molecular weight excluding hydrogens is 184 g/mol. The number of carboxylic acid groups (broad SMARTS) is 1. The molecule has 0 saturated heterocycles. The van der Waals surface area contributed by atoms with E-state index in [2.05, 4.69) is 10.3 Å². The van der Waals surface area contributed by atoms with Crippen LogP contribution in [0.1, 0.15) is 16.8 Å². The molecule has 1 aromatic heterocycles. The number of aromatic hydroxyl groups is 1. The molecule has 0 aromatic carbocycles. The van der Waals surface area contributed by atoms with Crippen molar-refractivity contribution in [1.29, 1.82) is 0 Å². The van der Waals surface area contributed by atoms with Gasteiger partial charge < -0.3 is 10.2 Å². The van der Waals surface area contributed by atoms with Crippen LogP contribution in [-0.4, -0.2) is 21.3 Å². The summed E-state index contributed by atoms with van der Waals surface area (Å²) in [6.07, 6.45) is -1.16. The van der Waals surface area contributed by atoms with E-state index in [0.29, 0.717) is 16.8 Å². The Morgan fingerprint density at radius 1 is 1.29 bits per heavy atom. The summed E-state index contributed by atoms with van der Waals surface area (Å²) in [4.78, 5) is 14.3. The first-order valence-corrected chi connectivity index (χ1v) is 4.10. The Morgan fingerprint density at radius 3 is 2.36 bits per heavy atom. The highest BCUT2D eigenvalue weighted by Gasteiger charge is 2.11. The highest BCUT2D eigenvalue weighted by molar-refractivity contribution is 5.83. The number of hydrogen-bond acceptors (Lipinski definition) is 3. The molecule has 0 spiro atoms. The standard InChI is InChI=1S/C9H12N2O3/c1-4-5(2)8(11-9(13)14)10-6(3)7(4)12/h12H,1-3H3,(H,10,11)(H,13,14). The van der Waals surface area contributed by atoms with E-state index in [9.17, 15) is 9.90 Å². The van der Waals surface area contributed by atoms with Crippen LogP contribution in [0.2, 0.25) is 0 Å². The summed E-state index contributed by atoms with van der Waals surface area (Å²) in [5, 5.41) is 20.2. The topological polar surface area (TPSA) is 82.5 Å². The summed E-state index contributed by atoms with van der Waals surface area (Å²) in [5.74, 6) is 0.378. The Kier molecular flexibility index (Phi) is 2.60. The van der Waals surface area contributed by atoms with E-state index in [1.807, 2.05) is 0 Å². The van der Waals surface area contributed by atoms with Crippen molar-refractivity contribution in [3.63, 3.8) is 0 Å². The van der Waals surface area contributed by atoms with Crippen molar-refractivity contribution in [3.8, 4) is 5.75 Å². The lowest BCUT2D eigenvalue weighted by Gasteiger charge is -2.10. The van der Waals surface area contributed by atoms with Gasteiger partial charge in [0, 0.05) is 0 Å². The lowest BCUT2D eigenvalue weighted by atomic mass is 10.1. The Morgan fingerprint density at radius 2 is 1.86 bits per heavy atom. The summed E-state index contributed by atoms with van der Waals surface area (Å²) in [6, 6.07) is 0. The van der Waals surface area contributed by atoms with Gasteiger partial charge in [0.2, 0.25) is 0 Å². The van der Waals surface area contributed by atoms with E-state index >= 15 is 0 Å². The van der Waals surface area contributed by atoms with Crippen LogP contribution in [-0.2, 0) is 0 Å². The number of nitrogens with zero attached hydrogens (tertiary/aromatic N) is 1. The molecule has 5 heteroatoms. The van der Waals surface area contributed by atoms with Crippen molar-refractivity contribution in [2.75, 3.05) is 5.32 Å². The molecule has 0 fully saturated rings. The maximum Gasteiger partial charge on any atom is 0.410 e. The van der Waals surface area contributed by atoms with Gasteiger partial charge >= 0.3 is 6.09 Å². The summed E-state index contributed by atoms with van der Waals surface area (Å²) >= 11 is 0. The number of rotatable bonds is 1. The van der Waals surface area contributed by atoms with Gasteiger partial charge in [-0.05, 0) is 31.9 Å². The molecule has 0 atom stereocenters. The summed E-state index contributed by atoms with van der Waals surface area (Å²) in [5.41, 5.74) is 1.69. The number of pyridine rings is 1. The van der Waals surface area contributed by atoms with Crippen LogP contribution in [0.15, 0.2) is 0 Å². The van der Waals surface area contributed by atoms with Gasteiger partial charge in [-0.2, -0.15) is 0 Å². The van der Waals surface area contributed by atoms with Crippen molar-refractivity contribution in [1.82, 2.24) is 4.98 Å². The fraction of sp³-hybridized carbons (Fsp3) is 0.333. The van der Waals surface area contributed by atoms with Crippen LogP contribution < -0.4 is 5.32 Å². The number of anilines is 1. The second-order valence-electron chi connectivity index (χ2n) is 3.07. The van der Waals surface area contributed by atoms with Gasteiger partial charge in [-0.15, -0.1) is 0 Å². The minimum absolute atomic E-state index is 0.110. The number of aromatic nitrogens is 1. The van der Waals surface area contributed by atoms with Crippen molar-refractivity contribution in [2.24, 2.45) is 0 Å². The highest BCUT2D eigenvalue weighted by Crippen LogP contribution is 2.27. The Balaban J connectivity index is 3.25. The highest BCUT2D eigenvalue weighted by atomic mass is 16.4. The van der Waals surface area contributed by atoms with E-state index in [0.717, 1.165) is 0 Å². The van der Waals surface area contributed by atoms with Gasteiger partial charge in [-0.3, -0.25) is 5.32 Å². The summed E-state index contributed by atoms with van der Waals surface area (Å²) in [7, 11) is 0. The van der Waals surface area contributed by atoms with E-state index in [1.165, 1.54) is 0 Å². The molecule has 1 aromatic rings. The Labute approximate surface area is 81.4 Å². The molecule has 0 aliphatic carbocycles. The van der Waals surface area contributed by atoms with Crippen molar-refractivity contribution < 1.29 is 15.0 Å². The zero-order valence-electron chi connectivity index (χ0n) is 8.25. The molecule has 0 aliphatic heterocycles. The van der Waals surface area contributed by atoms with E-state index in [1.54, 1.807) is 20.8 Å². The molecule has 0 unspecified atom stereocenters. The number of aryl methyl sites for hydroxylation is 1. The quantitative estimate of drug-likeness (QED) is 0.639. The first-order valence-electron chi connectivity index (χ1n) is 4.10. The summed E-state index contributed by atoms with van der Waals surface area (Å²) < 4.78 is 0. The van der Waals surface area contributed by atoms with Gasteiger partial charge in [-0.25, -0.2) is 9.78 Å². The van der Waals surface area contributed by atoms with Gasteiger partial charge in [0.05, 0.1) is 5.69 Å². The monoisotopic (exact) mass is 196 g/mol. The van der Waals surface area contributed by atoms with Crippen LogP contribution >= 0.6 is 0 Å². The SMILES string of the molecule is Cc1nc(NC(=O)O)c(C)c(C)c1O. The second kappa shape index (κ2) is 3.53. The lowest BCUT2D eigenvalue weighted by molar-refractivity contribution is 0.209. The summed E-state index contributed by atoms with van der Waals surface area (Å²) in [6.45, 7) is 5.04. The molecule has 0 aliphatic rings. The fourth-order valence-electron chi connectivity index (χ4n) is 1.15. The first kappa shape index (κ1) is 10.3. The average molecular weight is 196 g/mol. The first-order chi connectivity index (χ1) is 6.43. The molecule has 0 saturated carbocycles. The minimum atomic E-state index is -1.16. The van der Waals surface area contributed by atoms with Gasteiger partial charge in [0.1, 0.15) is 11.6 Å². The third-order valence-electron chi connectivity index (χ3n) is 2.12. The molecule has 5 nitrogen and oxygen atoms in total. The molecule has 1 amide bonds. The van der Waals surface area contributed by atoms with Gasteiger partial charge in [-0.1, -0.05) is 0 Å². The normalized spacial score (nSPS) is 9.93. The molecule has 76 valence electrons. The Bertz CT molecular complexity index is 388. The zero-order chi connectivity index (χ0) is 10.9. The number of nitrogens with one attached hydrogen (secondary N) is 1. The fourth-order valence-corrected chi connectivity index (χ4v) is 1.15. The number of hydrogen-bond donors (Lipinski definition) is 3. The lowest BCUT2D eigenvalue weighted by Crippen LogP contribution is -2.11. The van der Waals surface area contributed by atoms with Crippen molar-refractivity contribution in [3.05, 3.63) is 16.8 Å². The van der Waals surface area contributed by atoms with Crippen LogP contribution in [0.4, 0.5) is 10.6 Å². The predicted octanol–water partition coefficient (Wildman–Crippen LogP) is 1.80. The smallest absolute Gasteiger partial charge is 0.410 e. The maximum atomic E-state index is 10.4. The molecule has 0 bridgehead atoms. The van der Waals surface area contributed by atoms with Crippen LogP contribution in [0.25, 0.3) is 0 Å². The van der Waals surface area contributed by atoms with Crippen LogP contribution in [0, 0.1) is 20.8 Å². The minimum Gasteiger partial charge on any atom is -0.506 e. The third kappa shape index (κ3) is 1.76. The number of amides is 1. The molecular formula is C9H12N2O3. The number of carbonyl (C=O) groups is 1. The largest absolute Gasteiger partial charge is 0.506 e. The van der Waals surface area contributed by atoms with Crippen molar-refractivity contribution in [2.45, 2.75) is 20.8 Å². The van der Waals surface area contributed by atoms with Crippen LogP contribution in [0.3, 0.4) is 0 Å². The zero-order valence-corrected chi connectivity index (χ0v) is 8.25. The molecule has 1 heterocycles. The van der Waals surface area contributed by atoms with E-state index in [4.69, 9.17) is 5.11 Å². The average Bonchev–Trinajstić information content (AvgIpc) is 2.10. The molecule has 14 heavy (non-hydrogen) atoms. The van der Waals surface area contributed by atoms with Gasteiger partial charge in [0.25, 0.3) is 0 Å². The molecule has 3 N–H and O–H groups in total. The van der Waals surface area contributed by atoms with Crippen LogP contribution in [0.5, 0.6) is 5.75 Å². The third-order valence-corrected chi connectivity index (χ3v) is 2.12. The molecule has 0 radical (unpaired) electrons. The van der Waals surface area contributed by atoms with E-state index in [-0.39, 0.29) is 11.6 Å². The predicted molar refractivity (Wildman–Crippen MR) is 51.8 cm³/mol. The van der Waals surface area contributed by atoms with Gasteiger partial charge in [0.15, 0.2) is 0 Å².